The van der Waals surface area contributed by atoms with Crippen LogP contribution in [0.5, 0.6) is 0 Å². The number of halogens is 1. The van der Waals surface area contributed by atoms with Crippen LogP contribution >= 0.6 is 34.7 Å². The van der Waals surface area contributed by atoms with E-state index in [1.165, 1.54) is 28.1 Å². The van der Waals surface area contributed by atoms with Gasteiger partial charge in [0.15, 0.2) is 5.13 Å². The minimum atomic E-state index is -0.256. The number of anilines is 1. The lowest BCUT2D eigenvalue weighted by atomic mass is 10.2. The molecule has 1 aliphatic rings. The van der Waals surface area contributed by atoms with Gasteiger partial charge in [0.25, 0.3) is 0 Å². The van der Waals surface area contributed by atoms with Crippen LogP contribution in [0, 0.1) is 0 Å². The summed E-state index contributed by atoms with van der Waals surface area (Å²) in [5.74, 6) is 0.0427. The Kier molecular flexibility index (Phi) is 5.31. The van der Waals surface area contributed by atoms with Crippen molar-refractivity contribution in [2.75, 3.05) is 17.6 Å². The summed E-state index contributed by atoms with van der Waals surface area (Å²) in [5.41, 5.74) is 4.74. The molecule has 2 heterocycles. The third-order valence-corrected chi connectivity index (χ3v) is 6.39. The molecule has 0 saturated carbocycles. The molecule has 0 bridgehead atoms. The van der Waals surface area contributed by atoms with Gasteiger partial charge in [-0.2, -0.15) is 0 Å². The number of hydrogen-bond donors (Lipinski definition) is 2. The maximum Gasteiger partial charge on any atom is 0.248 e. The summed E-state index contributed by atoms with van der Waals surface area (Å²) >= 11 is 8.85. The monoisotopic (exact) mass is 418 g/mol. The lowest BCUT2D eigenvalue weighted by Crippen LogP contribution is -2.44. The zero-order chi connectivity index (χ0) is 18.8. The molecule has 1 saturated heterocycles. The lowest BCUT2D eigenvalue weighted by Gasteiger charge is -2.24. The molecule has 138 valence electrons. The summed E-state index contributed by atoms with van der Waals surface area (Å²) in [6.07, 6.45) is 0. The summed E-state index contributed by atoms with van der Waals surface area (Å²) in [7, 11) is 0. The molecule has 1 fully saturated rings. The third-order valence-electron chi connectivity index (χ3n) is 3.97. The summed E-state index contributed by atoms with van der Waals surface area (Å²) in [4.78, 5) is 28.8. The molecule has 0 spiro atoms. The van der Waals surface area contributed by atoms with Crippen LogP contribution in [0.15, 0.2) is 48.5 Å². The average molecular weight is 419 g/mol. The van der Waals surface area contributed by atoms with Crippen molar-refractivity contribution < 1.29 is 9.59 Å². The number of fused-ring (bicyclic) bond motifs is 1. The Labute approximate surface area is 168 Å². The number of carbonyl (C=O) groups excluding carboxylic acids is 2. The predicted octanol–water partition coefficient (Wildman–Crippen LogP) is 3.67. The van der Waals surface area contributed by atoms with Crippen molar-refractivity contribution in [3.8, 4) is 0 Å². The van der Waals surface area contributed by atoms with E-state index in [1.807, 2.05) is 36.4 Å². The average Bonchev–Trinajstić information content (AvgIpc) is 3.23. The number of hydrogen-bond acceptors (Lipinski definition) is 6. The molecule has 9 heteroatoms. The number of para-hydroxylation sites is 1. The molecule has 1 aromatic heterocycles. The van der Waals surface area contributed by atoms with Gasteiger partial charge in [-0.1, -0.05) is 47.2 Å². The molecule has 1 aliphatic heterocycles. The summed E-state index contributed by atoms with van der Waals surface area (Å²) in [5, 5.41) is 5.27. The standard InChI is InChI=1S/C18H15ClN4O2S2/c19-12-7-5-11(6-8-12)17-23(16(25)10-26-17)20-9-15(24)22-18-21-13-3-1-2-4-14(13)27-18/h1-8,17,20H,9-10H2,(H,21,22,24). The summed E-state index contributed by atoms with van der Waals surface area (Å²) in [6, 6.07) is 15.0. The molecule has 27 heavy (non-hydrogen) atoms. The fourth-order valence-corrected chi connectivity index (χ4v) is 4.85. The maximum atomic E-state index is 12.3. The zero-order valence-corrected chi connectivity index (χ0v) is 16.4. The first-order chi connectivity index (χ1) is 13.1. The Morgan fingerprint density at radius 2 is 2.00 bits per heavy atom. The molecule has 2 aromatic carbocycles. The van der Waals surface area contributed by atoms with Crippen LogP contribution in [-0.4, -0.2) is 34.1 Å². The fraction of sp³-hybridized carbons (Fsp3) is 0.167. The van der Waals surface area contributed by atoms with Crippen molar-refractivity contribution in [1.82, 2.24) is 15.4 Å². The largest absolute Gasteiger partial charge is 0.301 e. The Morgan fingerprint density at radius 1 is 1.22 bits per heavy atom. The number of thiazole rings is 1. The first-order valence-corrected chi connectivity index (χ1v) is 10.4. The molecule has 1 unspecified atom stereocenters. The van der Waals surface area contributed by atoms with Gasteiger partial charge in [-0.15, -0.1) is 11.8 Å². The zero-order valence-electron chi connectivity index (χ0n) is 14.0. The number of hydrazine groups is 1. The van der Waals surface area contributed by atoms with Crippen molar-refractivity contribution in [3.05, 3.63) is 59.1 Å². The van der Waals surface area contributed by atoms with Gasteiger partial charge in [0.1, 0.15) is 5.37 Å². The number of rotatable bonds is 5. The topological polar surface area (TPSA) is 74.3 Å². The molecule has 2 amide bonds. The number of nitrogens with one attached hydrogen (secondary N) is 2. The molecule has 6 nitrogen and oxygen atoms in total. The first-order valence-electron chi connectivity index (χ1n) is 8.18. The van der Waals surface area contributed by atoms with Crippen molar-refractivity contribution in [3.63, 3.8) is 0 Å². The van der Waals surface area contributed by atoms with Gasteiger partial charge in [-0.25, -0.2) is 10.4 Å². The smallest absolute Gasteiger partial charge is 0.248 e. The highest BCUT2D eigenvalue weighted by atomic mass is 35.5. The predicted molar refractivity (Wildman–Crippen MR) is 110 cm³/mol. The van der Waals surface area contributed by atoms with Gasteiger partial charge in [0.05, 0.1) is 22.5 Å². The minimum absolute atomic E-state index is 0.0215. The van der Waals surface area contributed by atoms with Gasteiger partial charge in [0, 0.05) is 5.02 Å². The Balaban J connectivity index is 1.39. The SMILES string of the molecule is O=C(CNN1C(=O)CSC1c1ccc(Cl)cc1)Nc1nc2ccccc2s1. The Morgan fingerprint density at radius 3 is 2.78 bits per heavy atom. The second-order valence-electron chi connectivity index (χ2n) is 5.85. The highest BCUT2D eigenvalue weighted by Crippen LogP contribution is 2.37. The molecule has 0 radical (unpaired) electrons. The van der Waals surface area contributed by atoms with Crippen LogP contribution in [0.2, 0.25) is 5.02 Å². The molecular weight excluding hydrogens is 404 g/mol. The van der Waals surface area contributed by atoms with E-state index in [0.29, 0.717) is 15.9 Å². The second kappa shape index (κ2) is 7.85. The Bertz CT molecular complexity index is 959. The van der Waals surface area contributed by atoms with Crippen molar-refractivity contribution in [2.45, 2.75) is 5.37 Å². The van der Waals surface area contributed by atoms with E-state index in [1.54, 1.807) is 12.1 Å². The van der Waals surface area contributed by atoms with E-state index in [-0.39, 0.29) is 23.7 Å². The van der Waals surface area contributed by atoms with Crippen LogP contribution in [0.4, 0.5) is 5.13 Å². The van der Waals surface area contributed by atoms with E-state index in [4.69, 9.17) is 11.6 Å². The van der Waals surface area contributed by atoms with Crippen molar-refractivity contribution in [1.29, 1.82) is 0 Å². The van der Waals surface area contributed by atoms with Crippen LogP contribution < -0.4 is 10.7 Å². The van der Waals surface area contributed by atoms with Crippen LogP contribution in [0.3, 0.4) is 0 Å². The summed E-state index contributed by atoms with van der Waals surface area (Å²) in [6.45, 7) is -0.0215. The lowest BCUT2D eigenvalue weighted by molar-refractivity contribution is -0.131. The highest BCUT2D eigenvalue weighted by Gasteiger charge is 2.33. The molecule has 0 aliphatic carbocycles. The second-order valence-corrected chi connectivity index (χ2v) is 8.38. The molecular formula is C18H15ClN4O2S2. The summed E-state index contributed by atoms with van der Waals surface area (Å²) < 4.78 is 1.01. The normalized spacial score (nSPS) is 16.9. The molecule has 1 atom stereocenters. The number of amides is 2. The Hall–Kier alpha value is -2.13. The van der Waals surface area contributed by atoms with Gasteiger partial charge in [-0.05, 0) is 29.8 Å². The quantitative estimate of drug-likeness (QED) is 0.661. The van der Waals surface area contributed by atoms with Gasteiger partial charge in [-0.3, -0.25) is 14.6 Å². The van der Waals surface area contributed by atoms with Crippen LogP contribution in [-0.2, 0) is 9.59 Å². The number of aromatic nitrogens is 1. The van der Waals surface area contributed by atoms with E-state index < -0.39 is 0 Å². The van der Waals surface area contributed by atoms with E-state index >= 15 is 0 Å². The van der Waals surface area contributed by atoms with Crippen LogP contribution in [0.25, 0.3) is 10.2 Å². The highest BCUT2D eigenvalue weighted by molar-refractivity contribution is 8.00. The van der Waals surface area contributed by atoms with Crippen molar-refractivity contribution in [2.24, 2.45) is 0 Å². The first kappa shape index (κ1) is 18.2. The van der Waals surface area contributed by atoms with E-state index in [2.05, 4.69) is 15.7 Å². The number of thioether (sulfide) groups is 1. The van der Waals surface area contributed by atoms with Gasteiger partial charge >= 0.3 is 0 Å². The molecule has 3 aromatic rings. The van der Waals surface area contributed by atoms with E-state index in [0.717, 1.165) is 15.8 Å². The third kappa shape index (κ3) is 4.08. The van der Waals surface area contributed by atoms with Crippen molar-refractivity contribution >= 4 is 61.9 Å². The van der Waals surface area contributed by atoms with Gasteiger partial charge in [0.2, 0.25) is 11.8 Å². The maximum absolute atomic E-state index is 12.3. The molecule has 4 rings (SSSR count). The number of benzene rings is 2. The van der Waals surface area contributed by atoms with Gasteiger partial charge < -0.3 is 5.32 Å². The fourth-order valence-electron chi connectivity index (χ4n) is 2.71. The molecule has 2 N–H and O–H groups in total. The van der Waals surface area contributed by atoms with Crippen LogP contribution in [0.1, 0.15) is 10.9 Å². The van der Waals surface area contributed by atoms with E-state index in [9.17, 15) is 9.59 Å². The number of nitrogens with zero attached hydrogens (tertiary/aromatic N) is 2. The number of carbonyl (C=O) groups is 2. The minimum Gasteiger partial charge on any atom is -0.301 e.